The van der Waals surface area contributed by atoms with Crippen LogP contribution in [0.1, 0.15) is 0 Å². The van der Waals surface area contributed by atoms with Gasteiger partial charge in [-0.15, -0.1) is 0 Å². The molecule has 1 aromatic rings. The van der Waals surface area contributed by atoms with Crippen molar-refractivity contribution in [2.45, 2.75) is 0 Å². The summed E-state index contributed by atoms with van der Waals surface area (Å²) in [4.78, 5) is 19.2. The number of carbonyl (C=O) groups is 1. The van der Waals surface area contributed by atoms with Gasteiger partial charge in [-0.3, -0.25) is 14.6 Å². The number of nitrogens with zero attached hydrogens (tertiary/aromatic N) is 3. The summed E-state index contributed by atoms with van der Waals surface area (Å²) in [7, 11) is 1.60. The molecule has 0 N–H and O–H groups in total. The molecule has 2 aliphatic rings. The molecule has 1 amide bonds. The Hall–Kier alpha value is -1.83. The van der Waals surface area contributed by atoms with Crippen molar-refractivity contribution < 1.29 is 19.0 Å². The van der Waals surface area contributed by atoms with Gasteiger partial charge in [-0.2, -0.15) is 0 Å². The van der Waals surface area contributed by atoms with Gasteiger partial charge in [-0.1, -0.05) is 12.1 Å². The molecule has 0 unspecified atom stereocenters. The molecule has 2 aliphatic heterocycles. The summed E-state index contributed by atoms with van der Waals surface area (Å²) in [5.41, 5.74) is 0. The minimum Gasteiger partial charge on any atom is -0.493 e. The zero-order valence-corrected chi connectivity index (χ0v) is 15.6. The number of rotatable bonds is 7. The highest BCUT2D eigenvalue weighted by Gasteiger charge is 2.22. The topological polar surface area (TPSA) is 54.5 Å². The molecule has 2 heterocycles. The van der Waals surface area contributed by atoms with Gasteiger partial charge in [0.05, 0.1) is 20.3 Å². The van der Waals surface area contributed by atoms with E-state index in [9.17, 15) is 4.79 Å². The molecule has 144 valence electrons. The van der Waals surface area contributed by atoms with Crippen LogP contribution in [0.15, 0.2) is 24.3 Å². The van der Waals surface area contributed by atoms with Gasteiger partial charge in [-0.25, -0.2) is 0 Å². The summed E-state index contributed by atoms with van der Waals surface area (Å²) in [6.45, 7) is 9.28. The average Bonchev–Trinajstić information content (AvgIpc) is 2.72. The van der Waals surface area contributed by atoms with Crippen molar-refractivity contribution in [1.82, 2.24) is 14.7 Å². The first-order valence-corrected chi connectivity index (χ1v) is 9.32. The van der Waals surface area contributed by atoms with Crippen molar-refractivity contribution >= 4 is 5.91 Å². The first-order valence-electron chi connectivity index (χ1n) is 9.32. The van der Waals surface area contributed by atoms with E-state index in [0.29, 0.717) is 11.5 Å². The third-order valence-electron chi connectivity index (χ3n) is 4.98. The number of methoxy groups -OCH3 is 1. The Morgan fingerprint density at radius 2 is 1.58 bits per heavy atom. The number of para-hydroxylation sites is 2. The molecule has 0 spiro atoms. The van der Waals surface area contributed by atoms with Gasteiger partial charge in [0, 0.05) is 52.4 Å². The molecule has 2 saturated heterocycles. The highest BCUT2D eigenvalue weighted by Crippen LogP contribution is 2.25. The molecule has 26 heavy (non-hydrogen) atoms. The molecule has 0 radical (unpaired) electrons. The van der Waals surface area contributed by atoms with E-state index in [1.54, 1.807) is 7.11 Å². The Morgan fingerprint density at radius 1 is 0.962 bits per heavy atom. The third kappa shape index (κ3) is 5.33. The van der Waals surface area contributed by atoms with Gasteiger partial charge in [0.2, 0.25) is 0 Å². The molecule has 0 aromatic heterocycles. The fraction of sp³-hybridized carbons (Fsp3) is 0.632. The maximum Gasteiger partial charge on any atom is 0.260 e. The SMILES string of the molecule is COc1ccccc1OCC(=O)N1CCN(CCN2CCOCC2)CC1. The third-order valence-corrected chi connectivity index (χ3v) is 4.98. The van der Waals surface area contributed by atoms with Crippen molar-refractivity contribution in [3.8, 4) is 11.5 Å². The van der Waals surface area contributed by atoms with E-state index in [-0.39, 0.29) is 12.5 Å². The summed E-state index contributed by atoms with van der Waals surface area (Å²) in [5.74, 6) is 1.28. The van der Waals surface area contributed by atoms with Crippen LogP contribution in [0.5, 0.6) is 11.5 Å². The van der Waals surface area contributed by atoms with Gasteiger partial charge in [0.1, 0.15) is 0 Å². The van der Waals surface area contributed by atoms with E-state index in [0.717, 1.165) is 65.6 Å². The first kappa shape index (κ1) is 18.9. The second kappa shape index (κ2) is 9.75. The number of piperazine rings is 1. The molecule has 1 aromatic carbocycles. The van der Waals surface area contributed by atoms with Crippen LogP contribution in [-0.4, -0.2) is 99.9 Å². The van der Waals surface area contributed by atoms with Crippen LogP contribution in [0, 0.1) is 0 Å². The molecule has 0 bridgehead atoms. The number of benzene rings is 1. The summed E-state index contributed by atoms with van der Waals surface area (Å²) >= 11 is 0. The molecule has 7 nitrogen and oxygen atoms in total. The highest BCUT2D eigenvalue weighted by atomic mass is 16.5. The van der Waals surface area contributed by atoms with Crippen LogP contribution in [0.25, 0.3) is 0 Å². The predicted molar refractivity (Wildman–Crippen MR) is 98.8 cm³/mol. The van der Waals surface area contributed by atoms with Crippen LogP contribution >= 0.6 is 0 Å². The summed E-state index contributed by atoms with van der Waals surface area (Å²) in [6, 6.07) is 7.39. The van der Waals surface area contributed by atoms with Crippen molar-refractivity contribution in [2.75, 3.05) is 79.3 Å². The van der Waals surface area contributed by atoms with Gasteiger partial charge in [0.25, 0.3) is 5.91 Å². The van der Waals surface area contributed by atoms with Crippen LogP contribution < -0.4 is 9.47 Å². The summed E-state index contributed by atoms with van der Waals surface area (Å²) in [5, 5.41) is 0. The van der Waals surface area contributed by atoms with Crippen LogP contribution in [0.4, 0.5) is 0 Å². The number of hydrogen-bond donors (Lipinski definition) is 0. The lowest BCUT2D eigenvalue weighted by molar-refractivity contribution is -0.135. The lowest BCUT2D eigenvalue weighted by atomic mass is 10.3. The summed E-state index contributed by atoms with van der Waals surface area (Å²) < 4.78 is 16.3. The largest absolute Gasteiger partial charge is 0.493 e. The smallest absolute Gasteiger partial charge is 0.260 e. The monoisotopic (exact) mass is 363 g/mol. The zero-order chi connectivity index (χ0) is 18.2. The number of ether oxygens (including phenoxy) is 3. The van der Waals surface area contributed by atoms with Gasteiger partial charge >= 0.3 is 0 Å². The lowest BCUT2D eigenvalue weighted by Gasteiger charge is -2.36. The molecule has 7 heteroatoms. The molecule has 0 aliphatic carbocycles. The second-order valence-corrected chi connectivity index (χ2v) is 6.62. The van der Waals surface area contributed by atoms with E-state index >= 15 is 0 Å². The van der Waals surface area contributed by atoms with Crippen LogP contribution in [0.2, 0.25) is 0 Å². The van der Waals surface area contributed by atoms with Gasteiger partial charge in [-0.05, 0) is 12.1 Å². The predicted octanol–water partition coefficient (Wildman–Crippen LogP) is 0.550. The molecule has 3 rings (SSSR count). The zero-order valence-electron chi connectivity index (χ0n) is 15.6. The van der Waals surface area contributed by atoms with E-state index in [2.05, 4.69) is 9.80 Å². The maximum absolute atomic E-state index is 12.4. The second-order valence-electron chi connectivity index (χ2n) is 6.62. The first-order chi connectivity index (χ1) is 12.8. The fourth-order valence-corrected chi connectivity index (χ4v) is 3.30. The van der Waals surface area contributed by atoms with E-state index in [4.69, 9.17) is 14.2 Å². The Bertz CT molecular complexity index is 570. The Labute approximate surface area is 155 Å². The summed E-state index contributed by atoms with van der Waals surface area (Å²) in [6.07, 6.45) is 0. The maximum atomic E-state index is 12.4. The van der Waals surface area contributed by atoms with Crippen LogP contribution in [-0.2, 0) is 9.53 Å². The number of morpholine rings is 1. The standard InChI is InChI=1S/C19H29N3O4/c1-24-17-4-2-3-5-18(17)26-16-19(23)22-10-8-20(9-11-22)6-7-21-12-14-25-15-13-21/h2-5H,6-16H2,1H3. The van der Waals surface area contributed by atoms with Crippen molar-refractivity contribution in [1.29, 1.82) is 0 Å². The molecular weight excluding hydrogens is 334 g/mol. The fourth-order valence-electron chi connectivity index (χ4n) is 3.30. The normalized spacial score (nSPS) is 19.3. The van der Waals surface area contributed by atoms with Crippen molar-refractivity contribution in [3.05, 3.63) is 24.3 Å². The molecule has 2 fully saturated rings. The average molecular weight is 363 g/mol. The van der Waals surface area contributed by atoms with E-state index in [1.165, 1.54) is 0 Å². The van der Waals surface area contributed by atoms with E-state index < -0.39 is 0 Å². The van der Waals surface area contributed by atoms with Gasteiger partial charge < -0.3 is 19.1 Å². The minimum absolute atomic E-state index is 0.0312. The van der Waals surface area contributed by atoms with Crippen molar-refractivity contribution in [2.24, 2.45) is 0 Å². The minimum atomic E-state index is 0.0312. The lowest BCUT2D eigenvalue weighted by Crippen LogP contribution is -2.51. The quantitative estimate of drug-likeness (QED) is 0.705. The number of amides is 1. The molecular formula is C19H29N3O4. The number of carbonyl (C=O) groups excluding carboxylic acids is 1. The van der Waals surface area contributed by atoms with E-state index in [1.807, 2.05) is 29.2 Å². The Kier molecular flexibility index (Phi) is 7.11. The van der Waals surface area contributed by atoms with Crippen molar-refractivity contribution in [3.63, 3.8) is 0 Å². The molecule has 0 saturated carbocycles. The Balaban J connectivity index is 1.36. The number of hydrogen-bond acceptors (Lipinski definition) is 6. The highest BCUT2D eigenvalue weighted by molar-refractivity contribution is 5.78. The van der Waals surface area contributed by atoms with Crippen LogP contribution in [0.3, 0.4) is 0 Å². The molecule has 0 atom stereocenters. The van der Waals surface area contributed by atoms with Gasteiger partial charge in [0.15, 0.2) is 18.1 Å². The Morgan fingerprint density at radius 3 is 2.23 bits per heavy atom.